The van der Waals surface area contributed by atoms with Crippen LogP contribution in [-0.2, 0) is 0 Å². The maximum atomic E-state index is 8.70. The lowest BCUT2D eigenvalue weighted by atomic mass is 10.1. The molecule has 0 aliphatic heterocycles. The van der Waals surface area contributed by atoms with E-state index in [-0.39, 0.29) is 6.04 Å². The Hall–Kier alpha value is -0.890. The van der Waals surface area contributed by atoms with Crippen molar-refractivity contribution in [3.05, 3.63) is 33.8 Å². The van der Waals surface area contributed by atoms with E-state index in [9.17, 15) is 0 Å². The first kappa shape index (κ1) is 10.2. The molecule has 0 saturated heterocycles. The molecule has 0 spiro atoms. The van der Waals surface area contributed by atoms with E-state index in [1.54, 1.807) is 12.1 Å². The number of halogens is 1. The van der Waals surface area contributed by atoms with Gasteiger partial charge in [-0.15, -0.1) is 0 Å². The largest absolute Gasteiger partial charge is 0.329 e. The molecule has 1 rings (SSSR count). The van der Waals surface area contributed by atoms with Crippen LogP contribution in [0.1, 0.15) is 17.2 Å². The number of nitrogens with zero attached hydrogens (tertiary/aromatic N) is 1. The fourth-order valence-corrected chi connectivity index (χ4v) is 1.54. The number of benzene rings is 1. The van der Waals surface area contributed by atoms with Crippen LogP contribution in [0.2, 0.25) is 0 Å². The Morgan fingerprint density at radius 3 is 2.69 bits per heavy atom. The summed E-state index contributed by atoms with van der Waals surface area (Å²) in [6.45, 7) is 0.376. The van der Waals surface area contributed by atoms with Crippen molar-refractivity contribution < 1.29 is 0 Å². The first-order valence-electron chi connectivity index (χ1n) is 3.83. The van der Waals surface area contributed by atoms with Crippen LogP contribution in [0.4, 0.5) is 0 Å². The van der Waals surface area contributed by atoms with E-state index in [1.807, 2.05) is 6.07 Å². The molecule has 0 bridgehead atoms. The van der Waals surface area contributed by atoms with Gasteiger partial charge in [0.25, 0.3) is 0 Å². The SMILES string of the molecule is N#Cc1cc(Br)cc([C@@H](N)CN)c1. The number of hydrogen-bond acceptors (Lipinski definition) is 3. The van der Waals surface area contributed by atoms with Crippen LogP contribution >= 0.6 is 15.9 Å². The van der Waals surface area contributed by atoms with Gasteiger partial charge in [0.2, 0.25) is 0 Å². The lowest BCUT2D eigenvalue weighted by molar-refractivity contribution is 0.736. The predicted molar refractivity (Wildman–Crippen MR) is 54.8 cm³/mol. The van der Waals surface area contributed by atoms with Crippen molar-refractivity contribution in [2.75, 3.05) is 6.54 Å². The highest BCUT2D eigenvalue weighted by atomic mass is 79.9. The maximum Gasteiger partial charge on any atom is 0.0992 e. The summed E-state index contributed by atoms with van der Waals surface area (Å²) in [6, 6.07) is 7.23. The van der Waals surface area contributed by atoms with Gasteiger partial charge in [0.05, 0.1) is 11.6 Å². The Bertz CT molecular complexity index is 343. The summed E-state index contributed by atoms with van der Waals surface area (Å²) in [5.41, 5.74) is 12.6. The monoisotopic (exact) mass is 239 g/mol. The zero-order valence-electron chi connectivity index (χ0n) is 7.00. The highest BCUT2D eigenvalue weighted by molar-refractivity contribution is 9.10. The zero-order valence-corrected chi connectivity index (χ0v) is 8.58. The van der Waals surface area contributed by atoms with Crippen molar-refractivity contribution in [2.24, 2.45) is 11.5 Å². The van der Waals surface area contributed by atoms with E-state index in [0.29, 0.717) is 12.1 Å². The molecule has 0 fully saturated rings. The van der Waals surface area contributed by atoms with Crippen molar-refractivity contribution in [3.63, 3.8) is 0 Å². The molecule has 0 aliphatic carbocycles. The zero-order chi connectivity index (χ0) is 9.84. The molecular weight excluding hydrogens is 230 g/mol. The van der Waals surface area contributed by atoms with Crippen LogP contribution in [0.3, 0.4) is 0 Å². The molecule has 4 heteroatoms. The minimum atomic E-state index is -0.204. The second kappa shape index (κ2) is 4.38. The molecular formula is C9H10BrN3. The third-order valence-electron chi connectivity index (χ3n) is 1.73. The molecule has 0 heterocycles. The summed E-state index contributed by atoms with van der Waals surface area (Å²) in [4.78, 5) is 0. The van der Waals surface area contributed by atoms with E-state index >= 15 is 0 Å². The lowest BCUT2D eigenvalue weighted by Gasteiger charge is -2.09. The summed E-state index contributed by atoms with van der Waals surface area (Å²) in [7, 11) is 0. The topological polar surface area (TPSA) is 75.8 Å². The van der Waals surface area contributed by atoms with Crippen LogP contribution in [0.15, 0.2) is 22.7 Å². The first-order valence-corrected chi connectivity index (χ1v) is 4.63. The molecule has 0 unspecified atom stereocenters. The van der Waals surface area contributed by atoms with Gasteiger partial charge in [0, 0.05) is 17.1 Å². The van der Waals surface area contributed by atoms with E-state index in [4.69, 9.17) is 16.7 Å². The number of rotatable bonds is 2. The Morgan fingerprint density at radius 1 is 1.46 bits per heavy atom. The number of hydrogen-bond donors (Lipinski definition) is 2. The third-order valence-corrected chi connectivity index (χ3v) is 2.19. The molecule has 4 N–H and O–H groups in total. The molecule has 0 aliphatic rings. The second-order valence-corrected chi connectivity index (χ2v) is 3.64. The van der Waals surface area contributed by atoms with Gasteiger partial charge in [-0.3, -0.25) is 0 Å². The van der Waals surface area contributed by atoms with Crippen molar-refractivity contribution in [2.45, 2.75) is 6.04 Å². The van der Waals surface area contributed by atoms with E-state index in [2.05, 4.69) is 22.0 Å². The Labute approximate surface area is 85.5 Å². The van der Waals surface area contributed by atoms with Gasteiger partial charge in [-0.1, -0.05) is 15.9 Å². The molecule has 0 aromatic heterocycles. The molecule has 1 aromatic carbocycles. The molecule has 68 valence electrons. The molecule has 0 saturated carbocycles. The number of nitrogens with two attached hydrogens (primary N) is 2. The van der Waals surface area contributed by atoms with E-state index < -0.39 is 0 Å². The summed E-state index contributed by atoms with van der Waals surface area (Å²) >= 11 is 3.30. The number of nitriles is 1. The van der Waals surface area contributed by atoms with Gasteiger partial charge in [0.1, 0.15) is 0 Å². The summed E-state index contributed by atoms with van der Waals surface area (Å²) < 4.78 is 0.852. The third kappa shape index (κ3) is 2.52. The molecule has 1 atom stereocenters. The molecule has 0 radical (unpaired) electrons. The normalized spacial score (nSPS) is 12.2. The van der Waals surface area contributed by atoms with Gasteiger partial charge in [-0.2, -0.15) is 5.26 Å². The Morgan fingerprint density at radius 2 is 2.15 bits per heavy atom. The minimum absolute atomic E-state index is 0.204. The highest BCUT2D eigenvalue weighted by Crippen LogP contribution is 2.18. The molecule has 13 heavy (non-hydrogen) atoms. The summed E-state index contributed by atoms with van der Waals surface area (Å²) in [5, 5.41) is 8.70. The summed E-state index contributed by atoms with van der Waals surface area (Å²) in [6.07, 6.45) is 0. The standard InChI is InChI=1S/C9H10BrN3/c10-8-2-6(4-11)1-7(3-8)9(13)5-12/h1-3,9H,5,12-13H2/t9-/m0/s1. The quantitative estimate of drug-likeness (QED) is 0.817. The highest BCUT2D eigenvalue weighted by Gasteiger charge is 2.05. The Balaban J connectivity index is 3.10. The molecule has 1 aromatic rings. The van der Waals surface area contributed by atoms with Crippen molar-refractivity contribution in [1.29, 1.82) is 5.26 Å². The molecule has 0 amide bonds. The van der Waals surface area contributed by atoms with Crippen LogP contribution in [0.25, 0.3) is 0 Å². The lowest BCUT2D eigenvalue weighted by Crippen LogP contribution is -2.20. The molecule has 3 nitrogen and oxygen atoms in total. The average molecular weight is 240 g/mol. The first-order chi connectivity index (χ1) is 6.17. The fraction of sp³-hybridized carbons (Fsp3) is 0.222. The van der Waals surface area contributed by atoms with Gasteiger partial charge >= 0.3 is 0 Å². The van der Waals surface area contributed by atoms with Crippen LogP contribution in [0, 0.1) is 11.3 Å². The predicted octanol–water partition coefficient (Wildman–Crippen LogP) is 1.28. The minimum Gasteiger partial charge on any atom is -0.329 e. The van der Waals surface area contributed by atoms with Crippen molar-refractivity contribution >= 4 is 15.9 Å². The van der Waals surface area contributed by atoms with Crippen molar-refractivity contribution in [3.8, 4) is 6.07 Å². The van der Waals surface area contributed by atoms with Crippen molar-refractivity contribution in [1.82, 2.24) is 0 Å². The fourth-order valence-electron chi connectivity index (χ4n) is 1.03. The van der Waals surface area contributed by atoms with Crippen LogP contribution in [0.5, 0.6) is 0 Å². The van der Waals surface area contributed by atoms with Gasteiger partial charge < -0.3 is 11.5 Å². The van der Waals surface area contributed by atoms with Crippen LogP contribution < -0.4 is 11.5 Å². The van der Waals surface area contributed by atoms with Gasteiger partial charge in [0.15, 0.2) is 0 Å². The van der Waals surface area contributed by atoms with Gasteiger partial charge in [-0.25, -0.2) is 0 Å². The summed E-state index contributed by atoms with van der Waals surface area (Å²) in [5.74, 6) is 0. The second-order valence-electron chi connectivity index (χ2n) is 2.73. The smallest absolute Gasteiger partial charge is 0.0992 e. The Kier molecular flexibility index (Phi) is 3.43. The van der Waals surface area contributed by atoms with Crippen LogP contribution in [-0.4, -0.2) is 6.54 Å². The van der Waals surface area contributed by atoms with E-state index in [1.165, 1.54) is 0 Å². The average Bonchev–Trinajstić information content (AvgIpc) is 2.15. The van der Waals surface area contributed by atoms with E-state index in [0.717, 1.165) is 10.0 Å². The van der Waals surface area contributed by atoms with Gasteiger partial charge in [-0.05, 0) is 23.8 Å². The maximum absolute atomic E-state index is 8.70.